The molecule has 0 spiro atoms. The van der Waals surface area contributed by atoms with Gasteiger partial charge in [-0.2, -0.15) is 0 Å². The maximum absolute atomic E-state index is 2.42. The average Bonchev–Trinajstić information content (AvgIpc) is 1.68. The van der Waals surface area contributed by atoms with Crippen LogP contribution >= 0.6 is 0 Å². The fourth-order valence-electron chi connectivity index (χ4n) is 2.35. The molecular weight excluding hydrogens is 192 g/mol. The first kappa shape index (κ1) is 13.5. The van der Waals surface area contributed by atoms with Crippen LogP contribution in [0.5, 0.6) is 0 Å². The highest BCUT2D eigenvalue weighted by atomic mass is 14.4. The molecule has 0 aromatic heterocycles. The van der Waals surface area contributed by atoms with Crippen molar-refractivity contribution in [3.63, 3.8) is 0 Å². The second-order valence-corrected chi connectivity index (χ2v) is 8.10. The Bertz CT molecular complexity index is 343. The Morgan fingerprint density at radius 3 is 1.31 bits per heavy atom. The van der Waals surface area contributed by atoms with Crippen LogP contribution in [0.2, 0.25) is 0 Å². The molecule has 0 nitrogen and oxygen atoms in total. The van der Waals surface area contributed by atoms with Crippen molar-refractivity contribution in [2.75, 3.05) is 0 Å². The van der Waals surface area contributed by atoms with E-state index in [1.807, 2.05) is 0 Å². The van der Waals surface area contributed by atoms with E-state index in [1.165, 1.54) is 0 Å². The first-order valence-corrected chi connectivity index (χ1v) is 6.33. The molecule has 0 fully saturated rings. The van der Waals surface area contributed by atoms with Crippen molar-refractivity contribution in [3.05, 3.63) is 22.8 Å². The van der Waals surface area contributed by atoms with Gasteiger partial charge in [0, 0.05) is 0 Å². The highest BCUT2D eigenvalue weighted by molar-refractivity contribution is 5.59. The fraction of sp³-hybridized carbons (Fsp3) is 0.750. The molecule has 1 rings (SSSR count). The minimum atomic E-state index is 0.264. The van der Waals surface area contributed by atoms with Gasteiger partial charge in [0.15, 0.2) is 0 Å². The van der Waals surface area contributed by atoms with Crippen LogP contribution in [0.15, 0.2) is 22.8 Å². The normalized spacial score (nSPS) is 18.4. The Morgan fingerprint density at radius 1 is 0.625 bits per heavy atom. The van der Waals surface area contributed by atoms with Crippen LogP contribution in [0.3, 0.4) is 0 Å². The van der Waals surface area contributed by atoms with Gasteiger partial charge in [0.1, 0.15) is 0 Å². The second-order valence-electron chi connectivity index (χ2n) is 8.10. The smallest absolute Gasteiger partial charge is 0.0126 e. The summed E-state index contributed by atoms with van der Waals surface area (Å²) < 4.78 is 0. The molecule has 0 bridgehead atoms. The van der Waals surface area contributed by atoms with Crippen LogP contribution in [0.25, 0.3) is 0 Å². The molecule has 92 valence electrons. The van der Waals surface area contributed by atoms with Crippen molar-refractivity contribution in [1.82, 2.24) is 0 Å². The van der Waals surface area contributed by atoms with E-state index in [-0.39, 0.29) is 16.2 Å². The molecule has 0 atom stereocenters. The van der Waals surface area contributed by atoms with Crippen molar-refractivity contribution in [2.24, 2.45) is 16.2 Å². The predicted octanol–water partition coefficient (Wildman–Crippen LogP) is 5.36. The summed E-state index contributed by atoms with van der Waals surface area (Å²) in [6.45, 7) is 20.8. The predicted molar refractivity (Wildman–Crippen MR) is 73.5 cm³/mol. The molecule has 0 radical (unpaired) electrons. The van der Waals surface area contributed by atoms with E-state index in [1.54, 1.807) is 16.7 Å². The van der Waals surface area contributed by atoms with E-state index in [0.717, 1.165) is 0 Å². The molecule has 0 amide bonds. The summed E-state index contributed by atoms with van der Waals surface area (Å²) in [5, 5.41) is 0. The molecule has 0 aromatic rings. The Morgan fingerprint density at radius 2 is 1.06 bits per heavy atom. The Balaban J connectivity index is 3.20. The van der Waals surface area contributed by atoms with Crippen LogP contribution < -0.4 is 0 Å². The third kappa shape index (κ3) is 2.42. The number of rotatable bonds is 0. The first-order valence-electron chi connectivity index (χ1n) is 6.33. The third-order valence-corrected chi connectivity index (χ3v) is 3.19. The highest BCUT2D eigenvalue weighted by Crippen LogP contribution is 2.52. The van der Waals surface area contributed by atoms with Gasteiger partial charge in [0.2, 0.25) is 0 Å². The van der Waals surface area contributed by atoms with Crippen molar-refractivity contribution in [3.8, 4) is 0 Å². The second kappa shape index (κ2) is 3.48. The van der Waals surface area contributed by atoms with Crippen LogP contribution in [-0.4, -0.2) is 0 Å². The number of allylic oxidation sites excluding steroid dienone is 4. The Hall–Kier alpha value is -0.520. The van der Waals surface area contributed by atoms with E-state index in [0.29, 0.717) is 0 Å². The van der Waals surface area contributed by atoms with Crippen LogP contribution in [0.4, 0.5) is 0 Å². The van der Waals surface area contributed by atoms with Crippen molar-refractivity contribution < 1.29 is 0 Å². The summed E-state index contributed by atoms with van der Waals surface area (Å²) in [6, 6.07) is 0. The van der Waals surface area contributed by atoms with Crippen LogP contribution in [0, 0.1) is 16.2 Å². The van der Waals surface area contributed by atoms with Gasteiger partial charge in [0.05, 0.1) is 0 Å². The molecule has 0 aliphatic heterocycles. The zero-order chi connectivity index (χ0) is 12.9. The molecule has 0 N–H and O–H groups in total. The van der Waals surface area contributed by atoms with E-state index >= 15 is 0 Å². The maximum Gasteiger partial charge on any atom is -0.0126 e. The fourth-order valence-corrected chi connectivity index (χ4v) is 2.35. The molecule has 0 heteroatoms. The lowest BCUT2D eigenvalue weighted by molar-refractivity contribution is 0.401. The average molecular weight is 220 g/mol. The number of hydrogen-bond donors (Lipinski definition) is 0. The van der Waals surface area contributed by atoms with E-state index < -0.39 is 0 Å². The van der Waals surface area contributed by atoms with Crippen LogP contribution in [0.1, 0.15) is 62.3 Å². The topological polar surface area (TPSA) is 0 Å². The quantitative estimate of drug-likeness (QED) is 0.515. The lowest BCUT2D eigenvalue weighted by Gasteiger charge is -2.44. The monoisotopic (exact) mass is 220 g/mol. The Labute approximate surface area is 102 Å². The van der Waals surface area contributed by atoms with Crippen molar-refractivity contribution in [1.29, 1.82) is 0 Å². The molecule has 0 aromatic carbocycles. The maximum atomic E-state index is 2.42. The molecule has 0 saturated carbocycles. The van der Waals surface area contributed by atoms with Gasteiger partial charge in [-0.3, -0.25) is 0 Å². The molecule has 0 unspecified atom stereocenters. The van der Waals surface area contributed by atoms with E-state index in [9.17, 15) is 0 Å². The molecular formula is C16H28. The van der Waals surface area contributed by atoms with Gasteiger partial charge in [-0.1, -0.05) is 68.4 Å². The minimum absolute atomic E-state index is 0.264. The van der Waals surface area contributed by atoms with Crippen LogP contribution in [-0.2, 0) is 0 Å². The summed E-state index contributed by atoms with van der Waals surface area (Å²) in [5.41, 5.74) is 5.50. The van der Waals surface area contributed by atoms with Crippen molar-refractivity contribution in [2.45, 2.75) is 62.3 Å². The molecule has 16 heavy (non-hydrogen) atoms. The van der Waals surface area contributed by atoms with Gasteiger partial charge in [-0.05, 0) is 33.0 Å². The SMILES string of the molecule is CC(C)(C)C1=CC(C(C)(C)C)=C1C(C)(C)C. The number of hydrogen-bond acceptors (Lipinski definition) is 0. The Kier molecular flexibility index (Phi) is 2.95. The van der Waals surface area contributed by atoms with Crippen molar-refractivity contribution >= 4 is 0 Å². The minimum Gasteiger partial charge on any atom is -0.0561 e. The van der Waals surface area contributed by atoms with Gasteiger partial charge >= 0.3 is 0 Å². The van der Waals surface area contributed by atoms with E-state index in [4.69, 9.17) is 0 Å². The summed E-state index contributed by atoms with van der Waals surface area (Å²) in [7, 11) is 0. The first-order chi connectivity index (χ1) is 6.85. The molecule has 1 aliphatic rings. The summed E-state index contributed by atoms with van der Waals surface area (Å²) in [5.74, 6) is 0. The largest absolute Gasteiger partial charge is 0.0561 e. The molecule has 0 heterocycles. The zero-order valence-corrected chi connectivity index (χ0v) is 12.6. The van der Waals surface area contributed by atoms with Gasteiger partial charge in [-0.25, -0.2) is 0 Å². The standard InChI is InChI=1S/C16H28/c1-14(2,3)11-10-12(15(4,5)6)13(11)16(7,8)9/h10H,1-9H3. The zero-order valence-electron chi connectivity index (χ0n) is 12.6. The molecule has 0 saturated heterocycles. The molecule has 1 aliphatic carbocycles. The summed E-state index contributed by atoms with van der Waals surface area (Å²) >= 11 is 0. The summed E-state index contributed by atoms with van der Waals surface area (Å²) in [6.07, 6.45) is 2.42. The summed E-state index contributed by atoms with van der Waals surface area (Å²) in [4.78, 5) is 0. The van der Waals surface area contributed by atoms with Gasteiger partial charge in [-0.15, -0.1) is 0 Å². The highest BCUT2D eigenvalue weighted by Gasteiger charge is 2.38. The van der Waals surface area contributed by atoms with Gasteiger partial charge < -0.3 is 0 Å². The third-order valence-electron chi connectivity index (χ3n) is 3.19. The van der Waals surface area contributed by atoms with Gasteiger partial charge in [0.25, 0.3) is 0 Å². The van der Waals surface area contributed by atoms with E-state index in [2.05, 4.69) is 68.4 Å². The lowest BCUT2D eigenvalue weighted by atomic mass is 9.60. The lowest BCUT2D eigenvalue weighted by Crippen LogP contribution is -2.31.